The Morgan fingerprint density at radius 1 is 1.35 bits per heavy atom. The van der Waals surface area contributed by atoms with Crippen molar-refractivity contribution in [3.63, 3.8) is 0 Å². The van der Waals surface area contributed by atoms with Gasteiger partial charge >= 0.3 is 5.97 Å². The van der Waals surface area contributed by atoms with Crippen molar-refractivity contribution in [1.82, 2.24) is 4.90 Å². The Morgan fingerprint density at radius 3 is 2.58 bits per heavy atom. The quantitative estimate of drug-likeness (QED) is 0.841. The largest absolute Gasteiger partial charge is 0.481 e. The number of hydrogen-bond donors (Lipinski definition) is 1. The zero-order valence-corrected chi connectivity index (χ0v) is 15.4. The fourth-order valence-electron chi connectivity index (χ4n) is 3.97. The summed E-state index contributed by atoms with van der Waals surface area (Å²) in [7, 11) is 0. The second kappa shape index (κ2) is 7.74. The van der Waals surface area contributed by atoms with Crippen LogP contribution in [0.25, 0.3) is 0 Å². The van der Waals surface area contributed by atoms with Gasteiger partial charge < -0.3 is 14.8 Å². The van der Waals surface area contributed by atoms with Crippen molar-refractivity contribution < 1.29 is 19.1 Å². The minimum absolute atomic E-state index is 0.234. The van der Waals surface area contributed by atoms with Crippen LogP contribution in [-0.4, -0.2) is 47.4 Å². The number of nitrogens with zero attached hydrogens (tertiary/aromatic N) is 2. The maximum absolute atomic E-state index is 13.1. The van der Waals surface area contributed by atoms with E-state index in [-0.39, 0.29) is 11.9 Å². The van der Waals surface area contributed by atoms with Crippen molar-refractivity contribution >= 4 is 11.7 Å². The summed E-state index contributed by atoms with van der Waals surface area (Å²) < 4.78 is 13.1. The third kappa shape index (κ3) is 4.23. The molecule has 2 aliphatic heterocycles. The van der Waals surface area contributed by atoms with E-state index in [2.05, 4.69) is 23.9 Å². The van der Waals surface area contributed by atoms with E-state index < -0.39 is 11.4 Å². The monoisotopic (exact) mass is 362 g/mol. The van der Waals surface area contributed by atoms with Crippen molar-refractivity contribution in [2.75, 3.05) is 19.6 Å². The summed E-state index contributed by atoms with van der Waals surface area (Å²) in [6.45, 7) is 6.98. The van der Waals surface area contributed by atoms with Crippen molar-refractivity contribution in [3.05, 3.63) is 35.6 Å². The second-order valence-electron chi connectivity index (χ2n) is 7.96. The van der Waals surface area contributed by atoms with Crippen LogP contribution in [0.2, 0.25) is 0 Å². The molecular formula is C20H27FN2O3. The van der Waals surface area contributed by atoms with Crippen LogP contribution in [-0.2, 0) is 9.63 Å². The zero-order chi connectivity index (χ0) is 18.7. The van der Waals surface area contributed by atoms with Crippen molar-refractivity contribution in [1.29, 1.82) is 0 Å². The molecule has 0 aromatic heterocycles. The van der Waals surface area contributed by atoms with Gasteiger partial charge in [-0.3, -0.25) is 4.79 Å². The number of carboxylic acid groups (broad SMARTS) is 1. The molecule has 1 atom stereocenters. The van der Waals surface area contributed by atoms with Gasteiger partial charge in [-0.25, -0.2) is 4.39 Å². The van der Waals surface area contributed by atoms with Gasteiger partial charge in [0.25, 0.3) is 0 Å². The van der Waals surface area contributed by atoms with Crippen LogP contribution < -0.4 is 0 Å². The number of carbonyl (C=O) groups is 1. The molecule has 0 saturated carbocycles. The van der Waals surface area contributed by atoms with Crippen LogP contribution in [0.3, 0.4) is 0 Å². The first-order valence-electron chi connectivity index (χ1n) is 9.32. The lowest BCUT2D eigenvalue weighted by Gasteiger charge is -2.40. The normalized spacial score (nSPS) is 22.9. The molecule has 3 rings (SSSR count). The predicted octanol–water partition coefficient (Wildman–Crippen LogP) is 3.53. The number of piperidine rings is 1. The number of aliphatic carboxylic acids is 1. The number of oxime groups is 1. The topological polar surface area (TPSA) is 62.1 Å². The second-order valence-corrected chi connectivity index (χ2v) is 7.96. The molecule has 1 aromatic rings. The van der Waals surface area contributed by atoms with Crippen molar-refractivity contribution in [2.24, 2.45) is 16.5 Å². The Balaban J connectivity index is 1.60. The van der Waals surface area contributed by atoms with Gasteiger partial charge in [0.2, 0.25) is 0 Å². The molecule has 1 saturated heterocycles. The van der Waals surface area contributed by atoms with E-state index in [1.54, 1.807) is 12.1 Å². The maximum Gasteiger partial charge on any atom is 0.309 e. The Hall–Kier alpha value is -1.95. The number of carboxylic acids is 1. The lowest BCUT2D eigenvalue weighted by Crippen LogP contribution is -2.46. The summed E-state index contributed by atoms with van der Waals surface area (Å²) in [6.07, 6.45) is 2.08. The number of halogens is 1. The third-order valence-electron chi connectivity index (χ3n) is 5.42. The minimum Gasteiger partial charge on any atom is -0.481 e. The average Bonchev–Trinajstić information content (AvgIpc) is 3.05. The van der Waals surface area contributed by atoms with Crippen LogP contribution in [0.4, 0.5) is 4.39 Å². The highest BCUT2D eigenvalue weighted by Gasteiger charge is 2.44. The van der Waals surface area contributed by atoms with Crippen LogP contribution in [0.5, 0.6) is 0 Å². The molecule has 6 heteroatoms. The molecule has 1 fully saturated rings. The molecule has 2 heterocycles. The Labute approximate surface area is 153 Å². The number of rotatable bonds is 6. The van der Waals surface area contributed by atoms with Crippen molar-refractivity contribution in [2.45, 2.75) is 45.6 Å². The van der Waals surface area contributed by atoms with Gasteiger partial charge in [0.1, 0.15) is 11.9 Å². The summed E-state index contributed by atoms with van der Waals surface area (Å²) in [5.41, 5.74) is 0.837. The first-order valence-corrected chi connectivity index (χ1v) is 9.32. The van der Waals surface area contributed by atoms with E-state index in [9.17, 15) is 14.3 Å². The van der Waals surface area contributed by atoms with Crippen LogP contribution >= 0.6 is 0 Å². The van der Waals surface area contributed by atoms with Gasteiger partial charge in [-0.1, -0.05) is 31.1 Å². The summed E-state index contributed by atoms with van der Waals surface area (Å²) in [5.74, 6) is -0.444. The van der Waals surface area contributed by atoms with Gasteiger partial charge in [0.05, 0.1) is 11.1 Å². The summed E-state index contributed by atoms with van der Waals surface area (Å²) in [4.78, 5) is 19.9. The van der Waals surface area contributed by atoms with Gasteiger partial charge in [0.15, 0.2) is 0 Å². The molecular weight excluding hydrogens is 335 g/mol. The molecule has 0 spiro atoms. The minimum atomic E-state index is -0.744. The number of hydrogen-bond acceptors (Lipinski definition) is 4. The van der Waals surface area contributed by atoms with Gasteiger partial charge in [-0.15, -0.1) is 0 Å². The predicted molar refractivity (Wildman–Crippen MR) is 97.6 cm³/mol. The SMILES string of the molecule is CC(C)CN1CCC(CC2CC(c3ccc(F)cc3)=NO2)(C(=O)O)CC1. The first kappa shape index (κ1) is 18.8. The average molecular weight is 362 g/mol. The number of likely N-dealkylation sites (tertiary alicyclic amines) is 1. The van der Waals surface area contributed by atoms with Gasteiger partial charge in [-0.2, -0.15) is 0 Å². The smallest absolute Gasteiger partial charge is 0.309 e. The maximum atomic E-state index is 13.1. The molecule has 142 valence electrons. The Bertz CT molecular complexity index is 664. The fraction of sp³-hybridized carbons (Fsp3) is 0.600. The Morgan fingerprint density at radius 2 is 2.00 bits per heavy atom. The lowest BCUT2D eigenvalue weighted by molar-refractivity contribution is -0.155. The van der Waals surface area contributed by atoms with Gasteiger partial charge in [-0.05, 0) is 49.5 Å². The molecule has 0 aliphatic carbocycles. The van der Waals surface area contributed by atoms with E-state index in [4.69, 9.17) is 4.84 Å². The molecule has 0 amide bonds. The molecule has 2 aliphatic rings. The summed E-state index contributed by atoms with van der Waals surface area (Å²) in [6, 6.07) is 6.15. The van der Waals surface area contributed by atoms with Crippen LogP contribution in [0.15, 0.2) is 29.4 Å². The first-order chi connectivity index (χ1) is 12.4. The lowest BCUT2D eigenvalue weighted by atomic mass is 9.73. The van der Waals surface area contributed by atoms with Gasteiger partial charge in [0, 0.05) is 19.4 Å². The van der Waals surface area contributed by atoms with E-state index in [1.165, 1.54) is 12.1 Å². The highest BCUT2D eigenvalue weighted by Crippen LogP contribution is 2.39. The molecule has 0 bridgehead atoms. The summed E-state index contributed by atoms with van der Waals surface area (Å²) >= 11 is 0. The molecule has 5 nitrogen and oxygen atoms in total. The standard InChI is InChI=1S/C20H27FN2O3/c1-14(2)13-23-9-7-20(8-10-23,19(24)25)12-17-11-18(22-26-17)15-3-5-16(21)6-4-15/h3-6,14,17H,7-13H2,1-2H3,(H,24,25). The summed E-state index contributed by atoms with van der Waals surface area (Å²) in [5, 5.41) is 14.0. The third-order valence-corrected chi connectivity index (χ3v) is 5.42. The molecule has 0 radical (unpaired) electrons. The van der Waals surface area contributed by atoms with E-state index in [0.717, 1.165) is 30.9 Å². The van der Waals surface area contributed by atoms with E-state index in [0.29, 0.717) is 31.6 Å². The number of benzene rings is 1. The van der Waals surface area contributed by atoms with Crippen molar-refractivity contribution in [3.8, 4) is 0 Å². The van der Waals surface area contributed by atoms with Crippen LogP contribution in [0, 0.1) is 17.2 Å². The zero-order valence-electron chi connectivity index (χ0n) is 15.4. The molecule has 1 unspecified atom stereocenters. The highest BCUT2D eigenvalue weighted by molar-refractivity contribution is 6.01. The van der Waals surface area contributed by atoms with Crippen LogP contribution in [0.1, 0.15) is 45.1 Å². The molecule has 1 aromatic carbocycles. The Kier molecular flexibility index (Phi) is 5.61. The molecule has 26 heavy (non-hydrogen) atoms. The fourth-order valence-corrected chi connectivity index (χ4v) is 3.97. The van der Waals surface area contributed by atoms with E-state index >= 15 is 0 Å². The molecule has 1 N–H and O–H groups in total. The highest BCUT2D eigenvalue weighted by atomic mass is 19.1. The van der Waals surface area contributed by atoms with E-state index in [1.807, 2.05) is 0 Å².